The molecular formula is C25H29F4N5O3. The van der Waals surface area contributed by atoms with Crippen molar-refractivity contribution in [2.24, 2.45) is 0 Å². The van der Waals surface area contributed by atoms with E-state index in [1.807, 2.05) is 23.8 Å². The first kappa shape index (κ1) is 26.5. The zero-order valence-corrected chi connectivity index (χ0v) is 20.5. The molecule has 2 heterocycles. The number of nitrogens with zero attached hydrogens (tertiary/aromatic N) is 3. The summed E-state index contributed by atoms with van der Waals surface area (Å²) in [7, 11) is 1.82. The van der Waals surface area contributed by atoms with E-state index in [1.54, 1.807) is 24.5 Å². The Hall–Kier alpha value is -3.54. The fraction of sp³-hybridized carbons (Fsp3) is 0.440. The summed E-state index contributed by atoms with van der Waals surface area (Å²) in [4.78, 5) is 15.2. The van der Waals surface area contributed by atoms with Gasteiger partial charge in [0.05, 0.1) is 10.5 Å². The summed E-state index contributed by atoms with van der Waals surface area (Å²) in [6, 6.07) is 7.61. The molecule has 0 spiro atoms. The molecule has 2 aliphatic heterocycles. The third-order valence-electron chi connectivity index (χ3n) is 6.80. The lowest BCUT2D eigenvalue weighted by Crippen LogP contribution is -2.50. The smallest absolute Gasteiger partial charge is 0.416 e. The SMILES string of the molecule is CN(Cc1ccc(C(F)(F)F)cc1F)C1CCN(c2ccc(OCC3(C)NC=CN3)c([N+](=O)[O-])c2)CC1. The van der Waals surface area contributed by atoms with Crippen LogP contribution in [0.1, 0.15) is 30.9 Å². The standard InChI is InChI=1S/C25H29F4N5O3/c1-24(30-9-10-31-24)16-37-23-6-5-20(14-22(23)34(35)36)33-11-7-19(8-12-33)32(2)15-17-3-4-18(13-21(17)26)25(27,28)29/h3-6,9-10,13-14,19,30-31H,7-8,11-12,15-16H2,1-2H3. The molecule has 1 saturated heterocycles. The summed E-state index contributed by atoms with van der Waals surface area (Å²) in [5.74, 6) is -0.697. The quantitative estimate of drug-likeness (QED) is 0.297. The number of benzene rings is 2. The molecule has 2 aliphatic rings. The maximum atomic E-state index is 14.3. The zero-order chi connectivity index (χ0) is 26.8. The van der Waals surface area contributed by atoms with Crippen LogP contribution in [0.4, 0.5) is 28.9 Å². The maximum absolute atomic E-state index is 14.3. The van der Waals surface area contributed by atoms with Gasteiger partial charge in [-0.3, -0.25) is 15.0 Å². The van der Waals surface area contributed by atoms with Crippen LogP contribution in [0.25, 0.3) is 0 Å². The van der Waals surface area contributed by atoms with E-state index in [0.717, 1.165) is 6.07 Å². The average Bonchev–Trinajstić information content (AvgIpc) is 3.30. The molecule has 0 aliphatic carbocycles. The van der Waals surface area contributed by atoms with Crippen molar-refractivity contribution >= 4 is 11.4 Å². The van der Waals surface area contributed by atoms with Crippen molar-refractivity contribution in [3.05, 3.63) is 75.9 Å². The van der Waals surface area contributed by atoms with Gasteiger partial charge in [-0.1, -0.05) is 6.07 Å². The molecule has 0 radical (unpaired) electrons. The van der Waals surface area contributed by atoms with Crippen LogP contribution in [-0.2, 0) is 12.7 Å². The normalized spacial score (nSPS) is 17.5. The van der Waals surface area contributed by atoms with Crippen LogP contribution in [0, 0.1) is 15.9 Å². The molecule has 0 unspecified atom stereocenters. The van der Waals surface area contributed by atoms with Crippen molar-refractivity contribution < 1.29 is 27.2 Å². The van der Waals surface area contributed by atoms with Crippen LogP contribution >= 0.6 is 0 Å². The van der Waals surface area contributed by atoms with E-state index >= 15 is 0 Å². The van der Waals surface area contributed by atoms with Gasteiger partial charge in [-0.15, -0.1) is 0 Å². The van der Waals surface area contributed by atoms with Gasteiger partial charge in [-0.2, -0.15) is 13.2 Å². The van der Waals surface area contributed by atoms with Crippen molar-refractivity contribution in [3.8, 4) is 5.75 Å². The van der Waals surface area contributed by atoms with E-state index < -0.39 is 28.1 Å². The van der Waals surface area contributed by atoms with Crippen LogP contribution in [-0.4, -0.2) is 48.3 Å². The highest BCUT2D eigenvalue weighted by Crippen LogP contribution is 2.34. The summed E-state index contributed by atoms with van der Waals surface area (Å²) < 4.78 is 58.4. The molecule has 0 saturated carbocycles. The largest absolute Gasteiger partial charge is 0.482 e. The lowest BCUT2D eigenvalue weighted by Gasteiger charge is -2.38. The topological polar surface area (TPSA) is 82.9 Å². The van der Waals surface area contributed by atoms with Gasteiger partial charge in [0.1, 0.15) is 18.1 Å². The monoisotopic (exact) mass is 523 g/mol. The second-order valence-corrected chi connectivity index (χ2v) is 9.59. The molecule has 1 fully saturated rings. The number of hydrogen-bond acceptors (Lipinski definition) is 7. The molecule has 200 valence electrons. The highest BCUT2D eigenvalue weighted by molar-refractivity contribution is 5.60. The van der Waals surface area contributed by atoms with Crippen LogP contribution in [0.15, 0.2) is 48.8 Å². The Morgan fingerprint density at radius 2 is 1.84 bits per heavy atom. The van der Waals surface area contributed by atoms with E-state index in [0.29, 0.717) is 37.7 Å². The minimum atomic E-state index is -4.59. The molecule has 2 aromatic rings. The Morgan fingerprint density at radius 3 is 2.43 bits per heavy atom. The zero-order valence-electron chi connectivity index (χ0n) is 20.5. The molecule has 2 aromatic carbocycles. The predicted molar refractivity (Wildman–Crippen MR) is 131 cm³/mol. The van der Waals surface area contributed by atoms with Crippen LogP contribution in [0.5, 0.6) is 5.75 Å². The molecule has 0 amide bonds. The molecule has 12 heteroatoms. The van der Waals surface area contributed by atoms with Crippen molar-refractivity contribution in [2.75, 3.05) is 31.6 Å². The van der Waals surface area contributed by atoms with Gasteiger partial charge in [-0.25, -0.2) is 4.39 Å². The Bertz CT molecular complexity index is 1160. The number of rotatable bonds is 8. The van der Waals surface area contributed by atoms with Crippen molar-refractivity contribution in [1.82, 2.24) is 15.5 Å². The summed E-state index contributed by atoms with van der Waals surface area (Å²) in [5.41, 5.74) is -0.767. The summed E-state index contributed by atoms with van der Waals surface area (Å²) in [5, 5.41) is 17.9. The first-order valence-electron chi connectivity index (χ1n) is 11.9. The number of hydrogen-bond donors (Lipinski definition) is 2. The molecule has 0 aromatic heterocycles. The molecule has 0 atom stereocenters. The Kier molecular flexibility index (Phi) is 7.49. The maximum Gasteiger partial charge on any atom is 0.416 e. The van der Waals surface area contributed by atoms with Gasteiger partial charge >= 0.3 is 11.9 Å². The summed E-state index contributed by atoms with van der Waals surface area (Å²) in [6.07, 6.45) is 0.322. The van der Waals surface area contributed by atoms with E-state index in [4.69, 9.17) is 4.74 Å². The Morgan fingerprint density at radius 1 is 1.16 bits per heavy atom. The van der Waals surface area contributed by atoms with Gasteiger partial charge < -0.3 is 20.3 Å². The van der Waals surface area contributed by atoms with E-state index in [2.05, 4.69) is 10.6 Å². The number of nitro groups is 1. The van der Waals surface area contributed by atoms with Gasteiger partial charge in [0.2, 0.25) is 0 Å². The second-order valence-electron chi connectivity index (χ2n) is 9.59. The first-order valence-corrected chi connectivity index (χ1v) is 11.9. The number of anilines is 1. The highest BCUT2D eigenvalue weighted by Gasteiger charge is 2.32. The number of halogens is 4. The number of alkyl halides is 3. The van der Waals surface area contributed by atoms with Crippen LogP contribution < -0.4 is 20.3 Å². The molecule has 37 heavy (non-hydrogen) atoms. The average molecular weight is 524 g/mol. The Labute approximate surface area is 212 Å². The fourth-order valence-corrected chi connectivity index (χ4v) is 4.58. The molecule has 2 N–H and O–H groups in total. The molecule has 8 nitrogen and oxygen atoms in total. The van der Waals surface area contributed by atoms with Gasteiger partial charge in [-0.05, 0) is 51.1 Å². The number of piperidine rings is 1. The number of ether oxygens (including phenoxy) is 1. The highest BCUT2D eigenvalue weighted by atomic mass is 19.4. The van der Waals surface area contributed by atoms with E-state index in [9.17, 15) is 27.7 Å². The molecular weight excluding hydrogens is 494 g/mol. The van der Waals surface area contributed by atoms with Gasteiger partial charge in [0, 0.05) is 55.4 Å². The van der Waals surface area contributed by atoms with Crippen LogP contribution in [0.2, 0.25) is 0 Å². The number of nitrogens with one attached hydrogen (secondary N) is 2. The summed E-state index contributed by atoms with van der Waals surface area (Å²) >= 11 is 0. The third-order valence-corrected chi connectivity index (χ3v) is 6.80. The van der Waals surface area contributed by atoms with Crippen molar-refractivity contribution in [1.29, 1.82) is 0 Å². The van der Waals surface area contributed by atoms with Crippen LogP contribution in [0.3, 0.4) is 0 Å². The first-order chi connectivity index (χ1) is 17.4. The number of nitro benzene ring substituents is 1. The Balaban J connectivity index is 1.35. The lowest BCUT2D eigenvalue weighted by molar-refractivity contribution is -0.385. The molecule has 4 rings (SSSR count). The third kappa shape index (κ3) is 6.24. The summed E-state index contributed by atoms with van der Waals surface area (Å²) in [6.45, 7) is 3.49. The molecule has 0 bridgehead atoms. The minimum absolute atomic E-state index is 0.0938. The fourth-order valence-electron chi connectivity index (χ4n) is 4.58. The lowest BCUT2D eigenvalue weighted by atomic mass is 10.0. The second kappa shape index (κ2) is 10.4. The minimum Gasteiger partial charge on any atom is -0.482 e. The van der Waals surface area contributed by atoms with Crippen molar-refractivity contribution in [2.45, 2.75) is 44.2 Å². The van der Waals surface area contributed by atoms with E-state index in [-0.39, 0.29) is 36.2 Å². The van der Waals surface area contributed by atoms with Gasteiger partial charge in [0.15, 0.2) is 5.75 Å². The van der Waals surface area contributed by atoms with Gasteiger partial charge in [0.25, 0.3) is 0 Å². The van der Waals surface area contributed by atoms with Crippen molar-refractivity contribution in [3.63, 3.8) is 0 Å². The van der Waals surface area contributed by atoms with E-state index in [1.165, 1.54) is 12.1 Å². The predicted octanol–water partition coefficient (Wildman–Crippen LogP) is 4.61.